The first-order chi connectivity index (χ1) is 11.9. The van der Waals surface area contributed by atoms with Gasteiger partial charge in [-0.05, 0) is 50.1 Å². The zero-order valence-corrected chi connectivity index (χ0v) is 14.8. The number of amides is 2. The maximum atomic E-state index is 12.4. The second-order valence-electron chi connectivity index (χ2n) is 5.41. The minimum atomic E-state index is -0.580. The maximum Gasteiger partial charge on any atom is 0.271 e. The average Bonchev–Trinajstić information content (AvgIpc) is 2.60. The number of rotatable bonds is 5. The van der Waals surface area contributed by atoms with Crippen molar-refractivity contribution in [2.75, 3.05) is 20.3 Å². The van der Waals surface area contributed by atoms with Crippen molar-refractivity contribution in [2.45, 2.75) is 20.8 Å². The Morgan fingerprint density at radius 2 is 1.76 bits per heavy atom. The molecule has 2 amide bonds. The van der Waals surface area contributed by atoms with Crippen LogP contribution in [0.15, 0.2) is 34.9 Å². The van der Waals surface area contributed by atoms with Crippen LogP contribution in [0.5, 0.6) is 11.5 Å². The fraction of sp³-hybridized carbons (Fsp3) is 0.316. The Kier molecular flexibility index (Phi) is 5.60. The summed E-state index contributed by atoms with van der Waals surface area (Å²) in [6, 6.07) is 7.21. The van der Waals surface area contributed by atoms with Gasteiger partial charge in [-0.1, -0.05) is 6.07 Å². The summed E-state index contributed by atoms with van der Waals surface area (Å²) in [5.41, 5.74) is 1.38. The van der Waals surface area contributed by atoms with E-state index in [-0.39, 0.29) is 5.57 Å². The van der Waals surface area contributed by atoms with Gasteiger partial charge in [0.25, 0.3) is 11.8 Å². The molecule has 130 valence electrons. The first kappa shape index (κ1) is 18.3. The molecule has 1 aliphatic heterocycles. The van der Waals surface area contributed by atoms with Crippen molar-refractivity contribution in [2.24, 2.45) is 0 Å². The van der Waals surface area contributed by atoms with E-state index in [0.717, 1.165) is 10.5 Å². The van der Waals surface area contributed by atoms with Gasteiger partial charge in [-0.3, -0.25) is 14.5 Å². The van der Waals surface area contributed by atoms with Gasteiger partial charge in [0.05, 0.1) is 13.2 Å². The van der Waals surface area contributed by atoms with Crippen LogP contribution in [-0.2, 0) is 9.59 Å². The number of hydrogen-bond acceptors (Lipinski definition) is 5. The highest BCUT2D eigenvalue weighted by molar-refractivity contribution is 6.19. The molecule has 2 rings (SSSR count). The van der Waals surface area contributed by atoms with E-state index < -0.39 is 11.8 Å². The third-order valence-electron chi connectivity index (χ3n) is 3.82. The number of ether oxygens (including phenoxy) is 2. The summed E-state index contributed by atoms with van der Waals surface area (Å²) in [4.78, 5) is 25.4. The molecule has 1 aromatic carbocycles. The molecule has 6 heteroatoms. The lowest BCUT2D eigenvalue weighted by atomic mass is 9.94. The van der Waals surface area contributed by atoms with Gasteiger partial charge < -0.3 is 9.47 Å². The standard InChI is InChI=1S/C19H20N2O4/c1-5-24-16-8-7-13(10-17(16)25-6-2)9-14-12(3)15(11-20)19(23)21(4)18(14)22/h7-10H,5-6H2,1-4H3/b14-9+. The number of carbonyl (C=O) groups excluding carboxylic acids is 2. The Balaban J connectivity index is 2.53. The molecular weight excluding hydrogens is 320 g/mol. The average molecular weight is 340 g/mol. The number of carbonyl (C=O) groups is 2. The van der Waals surface area contributed by atoms with E-state index in [0.29, 0.717) is 35.9 Å². The number of nitrogens with zero attached hydrogens (tertiary/aromatic N) is 2. The van der Waals surface area contributed by atoms with Crippen molar-refractivity contribution < 1.29 is 19.1 Å². The normalized spacial score (nSPS) is 16.3. The largest absolute Gasteiger partial charge is 0.490 e. The summed E-state index contributed by atoms with van der Waals surface area (Å²) in [5, 5.41) is 9.20. The smallest absolute Gasteiger partial charge is 0.271 e. The second kappa shape index (κ2) is 7.67. The minimum Gasteiger partial charge on any atom is -0.490 e. The van der Waals surface area contributed by atoms with Crippen LogP contribution < -0.4 is 9.47 Å². The van der Waals surface area contributed by atoms with Crippen molar-refractivity contribution in [3.05, 3.63) is 40.5 Å². The summed E-state index contributed by atoms with van der Waals surface area (Å²) in [6.07, 6.45) is 1.65. The summed E-state index contributed by atoms with van der Waals surface area (Å²) >= 11 is 0. The van der Waals surface area contributed by atoms with Gasteiger partial charge in [-0.15, -0.1) is 0 Å². The van der Waals surface area contributed by atoms with Gasteiger partial charge in [0.2, 0.25) is 0 Å². The molecule has 0 saturated carbocycles. The zero-order valence-electron chi connectivity index (χ0n) is 14.8. The molecule has 0 unspecified atom stereocenters. The molecule has 1 aliphatic rings. The molecule has 0 bridgehead atoms. The molecule has 0 radical (unpaired) electrons. The zero-order chi connectivity index (χ0) is 18.6. The van der Waals surface area contributed by atoms with Gasteiger partial charge >= 0.3 is 0 Å². The predicted molar refractivity (Wildman–Crippen MR) is 92.8 cm³/mol. The summed E-state index contributed by atoms with van der Waals surface area (Å²) in [5.74, 6) is 0.185. The molecule has 0 spiro atoms. The van der Waals surface area contributed by atoms with Crippen LogP contribution in [0, 0.1) is 11.3 Å². The third-order valence-corrected chi connectivity index (χ3v) is 3.82. The molecule has 6 nitrogen and oxygen atoms in total. The first-order valence-corrected chi connectivity index (χ1v) is 7.99. The second-order valence-corrected chi connectivity index (χ2v) is 5.41. The Morgan fingerprint density at radius 3 is 2.36 bits per heavy atom. The van der Waals surface area contributed by atoms with E-state index in [1.807, 2.05) is 19.9 Å². The quantitative estimate of drug-likeness (QED) is 0.608. The monoisotopic (exact) mass is 340 g/mol. The predicted octanol–water partition coefficient (Wildman–Crippen LogP) is 2.71. The van der Waals surface area contributed by atoms with Crippen molar-refractivity contribution in [3.8, 4) is 17.6 Å². The number of nitriles is 1. The van der Waals surface area contributed by atoms with Crippen molar-refractivity contribution in [1.82, 2.24) is 4.90 Å². The van der Waals surface area contributed by atoms with Crippen LogP contribution in [0.2, 0.25) is 0 Å². The number of likely N-dealkylation sites (N-methyl/N-ethyl adjacent to an activating group) is 1. The van der Waals surface area contributed by atoms with Crippen LogP contribution >= 0.6 is 0 Å². The molecule has 25 heavy (non-hydrogen) atoms. The van der Waals surface area contributed by atoms with Gasteiger partial charge in [-0.2, -0.15) is 5.26 Å². The van der Waals surface area contributed by atoms with Crippen LogP contribution in [-0.4, -0.2) is 37.0 Å². The van der Waals surface area contributed by atoms with E-state index in [1.165, 1.54) is 7.05 Å². The molecular formula is C19H20N2O4. The fourth-order valence-corrected chi connectivity index (χ4v) is 2.52. The van der Waals surface area contributed by atoms with E-state index >= 15 is 0 Å². The Hall–Kier alpha value is -3.07. The highest BCUT2D eigenvalue weighted by Gasteiger charge is 2.32. The number of benzene rings is 1. The Labute approximate surface area is 146 Å². The SMILES string of the molecule is CCOc1ccc(/C=C2/C(=O)N(C)C(=O)C(C#N)=C2C)cc1OCC. The lowest BCUT2D eigenvalue weighted by Gasteiger charge is -2.23. The molecule has 1 aromatic rings. The fourth-order valence-electron chi connectivity index (χ4n) is 2.52. The van der Waals surface area contributed by atoms with Crippen LogP contribution in [0.1, 0.15) is 26.3 Å². The van der Waals surface area contributed by atoms with Gasteiger partial charge in [-0.25, -0.2) is 0 Å². The number of hydrogen-bond donors (Lipinski definition) is 0. The number of imide groups is 1. The molecule has 0 N–H and O–H groups in total. The first-order valence-electron chi connectivity index (χ1n) is 7.99. The summed E-state index contributed by atoms with van der Waals surface area (Å²) < 4.78 is 11.1. The van der Waals surface area contributed by atoms with Crippen molar-refractivity contribution in [1.29, 1.82) is 5.26 Å². The lowest BCUT2D eigenvalue weighted by molar-refractivity contribution is -0.138. The Bertz CT molecular complexity index is 815. The molecule has 0 saturated heterocycles. The Morgan fingerprint density at radius 1 is 1.12 bits per heavy atom. The van der Waals surface area contributed by atoms with Crippen LogP contribution in [0.3, 0.4) is 0 Å². The lowest BCUT2D eigenvalue weighted by Crippen LogP contribution is -2.39. The summed E-state index contributed by atoms with van der Waals surface area (Å²) in [6.45, 7) is 6.35. The van der Waals surface area contributed by atoms with Crippen LogP contribution in [0.4, 0.5) is 0 Å². The molecule has 0 aromatic heterocycles. The van der Waals surface area contributed by atoms with Gasteiger partial charge in [0.1, 0.15) is 11.6 Å². The summed E-state index contributed by atoms with van der Waals surface area (Å²) in [7, 11) is 1.37. The van der Waals surface area contributed by atoms with Gasteiger partial charge in [0, 0.05) is 12.6 Å². The molecule has 1 heterocycles. The van der Waals surface area contributed by atoms with Crippen molar-refractivity contribution >= 4 is 17.9 Å². The van der Waals surface area contributed by atoms with E-state index in [9.17, 15) is 14.9 Å². The van der Waals surface area contributed by atoms with E-state index in [2.05, 4.69) is 0 Å². The maximum absolute atomic E-state index is 12.4. The third kappa shape index (κ3) is 3.56. The van der Waals surface area contributed by atoms with Crippen LogP contribution in [0.25, 0.3) is 6.08 Å². The van der Waals surface area contributed by atoms with E-state index in [4.69, 9.17) is 9.47 Å². The highest BCUT2D eigenvalue weighted by Crippen LogP contribution is 2.31. The topological polar surface area (TPSA) is 79.6 Å². The highest BCUT2D eigenvalue weighted by atomic mass is 16.5. The molecule has 0 fully saturated rings. The van der Waals surface area contributed by atoms with E-state index in [1.54, 1.807) is 31.2 Å². The molecule has 0 aliphatic carbocycles. The molecule has 0 atom stereocenters. The van der Waals surface area contributed by atoms with Crippen molar-refractivity contribution in [3.63, 3.8) is 0 Å². The minimum absolute atomic E-state index is 0.0238. The van der Waals surface area contributed by atoms with Gasteiger partial charge in [0.15, 0.2) is 11.5 Å².